The Labute approximate surface area is 172 Å². The molecule has 1 heterocycles. The van der Waals surface area contributed by atoms with Crippen LogP contribution in [-0.2, 0) is 16.1 Å². The van der Waals surface area contributed by atoms with Crippen LogP contribution in [0.3, 0.4) is 0 Å². The van der Waals surface area contributed by atoms with E-state index in [1.807, 2.05) is 30.3 Å². The third kappa shape index (κ3) is 4.96. The van der Waals surface area contributed by atoms with Crippen molar-refractivity contribution in [2.24, 2.45) is 17.4 Å². The fourth-order valence-electron chi connectivity index (χ4n) is 4.58. The van der Waals surface area contributed by atoms with Crippen molar-refractivity contribution >= 4 is 17.8 Å². The molecule has 2 aliphatic rings. The molecule has 29 heavy (non-hydrogen) atoms. The summed E-state index contributed by atoms with van der Waals surface area (Å²) in [7, 11) is 0. The highest BCUT2D eigenvalue weighted by molar-refractivity contribution is 6.07. The summed E-state index contributed by atoms with van der Waals surface area (Å²) in [5, 5.41) is 0. The molecule has 4 N–H and O–H groups in total. The monoisotopic (exact) mass is 400 g/mol. The maximum absolute atomic E-state index is 13.3. The van der Waals surface area contributed by atoms with Crippen molar-refractivity contribution in [3.8, 4) is 0 Å². The van der Waals surface area contributed by atoms with Gasteiger partial charge in [-0.25, -0.2) is 9.69 Å². The quantitative estimate of drug-likeness (QED) is 0.620. The lowest BCUT2D eigenvalue weighted by Crippen LogP contribution is -2.49. The zero-order valence-corrected chi connectivity index (χ0v) is 17.0. The minimum absolute atomic E-state index is 0.320. The maximum atomic E-state index is 13.3. The first-order valence-corrected chi connectivity index (χ1v) is 10.7. The molecular formula is C22H32N4O3. The largest absolute Gasteiger partial charge is 0.368 e. The topological polar surface area (TPSA) is 110 Å². The van der Waals surface area contributed by atoms with Crippen molar-refractivity contribution in [1.82, 2.24) is 9.80 Å². The zero-order valence-electron chi connectivity index (χ0n) is 17.0. The van der Waals surface area contributed by atoms with Crippen LogP contribution in [-0.4, -0.2) is 46.3 Å². The number of nitrogens with zero attached hydrogens (tertiary/aromatic N) is 2. The number of primary amides is 1. The van der Waals surface area contributed by atoms with E-state index >= 15 is 0 Å². The summed E-state index contributed by atoms with van der Waals surface area (Å²) in [6.45, 7) is 0.768. The van der Waals surface area contributed by atoms with Gasteiger partial charge in [-0.15, -0.1) is 0 Å². The molecule has 1 saturated heterocycles. The number of hydrogen-bond acceptors (Lipinski definition) is 4. The van der Waals surface area contributed by atoms with Crippen LogP contribution in [0.5, 0.6) is 0 Å². The minimum atomic E-state index is -0.876. The van der Waals surface area contributed by atoms with Crippen molar-refractivity contribution in [2.75, 3.05) is 6.54 Å². The first kappa shape index (κ1) is 21.3. The summed E-state index contributed by atoms with van der Waals surface area (Å²) in [5.41, 5.74) is 12.3. The van der Waals surface area contributed by atoms with Crippen molar-refractivity contribution in [3.05, 3.63) is 35.9 Å². The van der Waals surface area contributed by atoms with Crippen LogP contribution in [0, 0.1) is 5.92 Å². The molecule has 1 aliphatic heterocycles. The fraction of sp³-hybridized carbons (Fsp3) is 0.591. The van der Waals surface area contributed by atoms with Gasteiger partial charge < -0.3 is 16.4 Å². The number of hydrogen-bond donors (Lipinski definition) is 2. The minimum Gasteiger partial charge on any atom is -0.368 e. The van der Waals surface area contributed by atoms with E-state index < -0.39 is 24.0 Å². The van der Waals surface area contributed by atoms with Crippen LogP contribution < -0.4 is 11.5 Å². The maximum Gasteiger partial charge on any atom is 0.328 e. The Bertz CT molecular complexity index is 718. The fourth-order valence-corrected chi connectivity index (χ4v) is 4.58. The SMILES string of the molecule is NCCC[C@H]1C(=O)N([C@H](CC2CCCCC2)C(N)=O)C(=O)N1Cc1ccccc1. The number of amides is 4. The third-order valence-electron chi connectivity index (χ3n) is 6.15. The Morgan fingerprint density at radius 3 is 2.41 bits per heavy atom. The van der Waals surface area contributed by atoms with E-state index in [9.17, 15) is 14.4 Å². The van der Waals surface area contributed by atoms with Gasteiger partial charge in [0.15, 0.2) is 0 Å². The molecule has 3 rings (SSSR count). The predicted octanol–water partition coefficient (Wildman–Crippen LogP) is 2.38. The van der Waals surface area contributed by atoms with Crippen LogP contribution in [0.1, 0.15) is 56.9 Å². The van der Waals surface area contributed by atoms with Crippen molar-refractivity contribution in [1.29, 1.82) is 0 Å². The summed E-state index contributed by atoms with van der Waals surface area (Å²) in [5.74, 6) is -0.595. The second-order valence-electron chi connectivity index (χ2n) is 8.21. The van der Waals surface area contributed by atoms with Gasteiger partial charge in [0.2, 0.25) is 5.91 Å². The second-order valence-corrected chi connectivity index (χ2v) is 8.21. The first-order valence-electron chi connectivity index (χ1n) is 10.7. The van der Waals surface area contributed by atoms with E-state index in [-0.39, 0.29) is 5.91 Å². The van der Waals surface area contributed by atoms with E-state index in [4.69, 9.17) is 11.5 Å². The Balaban J connectivity index is 1.83. The van der Waals surface area contributed by atoms with Crippen LogP contribution in [0.2, 0.25) is 0 Å². The summed E-state index contributed by atoms with van der Waals surface area (Å²) in [6, 6.07) is 7.67. The van der Waals surface area contributed by atoms with Gasteiger partial charge in [0, 0.05) is 6.54 Å². The molecule has 0 spiro atoms. The van der Waals surface area contributed by atoms with Crippen molar-refractivity contribution < 1.29 is 14.4 Å². The Morgan fingerprint density at radius 2 is 1.79 bits per heavy atom. The lowest BCUT2D eigenvalue weighted by atomic mass is 9.84. The predicted molar refractivity (Wildman–Crippen MR) is 110 cm³/mol. The number of carbonyl (C=O) groups excluding carboxylic acids is 3. The van der Waals surface area contributed by atoms with Gasteiger partial charge in [0.1, 0.15) is 12.1 Å². The zero-order chi connectivity index (χ0) is 20.8. The van der Waals surface area contributed by atoms with Crippen molar-refractivity contribution in [3.63, 3.8) is 0 Å². The number of imide groups is 1. The van der Waals surface area contributed by atoms with Crippen molar-refractivity contribution in [2.45, 2.75) is 70.0 Å². The number of nitrogens with two attached hydrogens (primary N) is 2. The average molecular weight is 401 g/mol. The van der Waals surface area contributed by atoms with E-state index in [2.05, 4.69) is 0 Å². The first-order chi connectivity index (χ1) is 14.0. The summed E-state index contributed by atoms with van der Waals surface area (Å²) < 4.78 is 0. The summed E-state index contributed by atoms with van der Waals surface area (Å²) in [4.78, 5) is 41.5. The van der Waals surface area contributed by atoms with Gasteiger partial charge in [0.05, 0.1) is 0 Å². The number of carbonyl (C=O) groups is 3. The van der Waals surface area contributed by atoms with Crippen LogP contribution in [0.4, 0.5) is 4.79 Å². The molecule has 0 aromatic heterocycles. The Morgan fingerprint density at radius 1 is 1.10 bits per heavy atom. The molecule has 7 heteroatoms. The number of rotatable bonds is 9. The van der Waals surface area contributed by atoms with Gasteiger partial charge in [-0.1, -0.05) is 62.4 Å². The van der Waals surface area contributed by atoms with Gasteiger partial charge in [-0.2, -0.15) is 0 Å². The Hall–Kier alpha value is -2.41. The molecule has 0 bridgehead atoms. The van der Waals surface area contributed by atoms with Crippen LogP contribution >= 0.6 is 0 Å². The molecule has 1 aromatic carbocycles. The lowest BCUT2D eigenvalue weighted by molar-refractivity contribution is -0.135. The highest BCUT2D eigenvalue weighted by Gasteiger charge is 2.49. The molecule has 0 radical (unpaired) electrons. The molecule has 2 fully saturated rings. The number of urea groups is 1. The highest BCUT2D eigenvalue weighted by Crippen LogP contribution is 2.32. The Kier molecular flexibility index (Phi) is 7.25. The molecule has 7 nitrogen and oxygen atoms in total. The van der Waals surface area contributed by atoms with E-state index in [0.29, 0.717) is 38.3 Å². The van der Waals surface area contributed by atoms with E-state index in [0.717, 1.165) is 36.1 Å². The molecule has 2 atom stereocenters. The smallest absolute Gasteiger partial charge is 0.328 e. The molecule has 1 saturated carbocycles. The van der Waals surface area contributed by atoms with Gasteiger partial charge >= 0.3 is 6.03 Å². The lowest BCUT2D eigenvalue weighted by Gasteiger charge is -2.29. The molecular weight excluding hydrogens is 368 g/mol. The summed E-state index contributed by atoms with van der Waals surface area (Å²) in [6.07, 6.45) is 7.07. The molecule has 158 valence electrons. The molecule has 1 aliphatic carbocycles. The van der Waals surface area contributed by atoms with Gasteiger partial charge in [-0.05, 0) is 37.3 Å². The highest BCUT2D eigenvalue weighted by atomic mass is 16.2. The average Bonchev–Trinajstić information content (AvgIpc) is 2.95. The second kappa shape index (κ2) is 9.87. The van der Waals surface area contributed by atoms with E-state index in [1.165, 1.54) is 6.42 Å². The number of benzene rings is 1. The molecule has 1 aromatic rings. The van der Waals surface area contributed by atoms with Crippen LogP contribution in [0.25, 0.3) is 0 Å². The normalized spacial score (nSPS) is 21.6. The third-order valence-corrected chi connectivity index (χ3v) is 6.15. The van der Waals surface area contributed by atoms with Gasteiger partial charge in [-0.3, -0.25) is 9.59 Å². The van der Waals surface area contributed by atoms with Crippen LogP contribution in [0.15, 0.2) is 30.3 Å². The molecule has 0 unspecified atom stereocenters. The molecule has 4 amide bonds. The van der Waals surface area contributed by atoms with Gasteiger partial charge in [0.25, 0.3) is 5.91 Å². The summed E-state index contributed by atoms with van der Waals surface area (Å²) >= 11 is 0. The van der Waals surface area contributed by atoms with E-state index in [1.54, 1.807) is 4.90 Å². The standard InChI is InChI=1S/C22H32N4O3/c23-13-7-12-18-21(28)26(19(20(24)27)14-16-8-3-1-4-9-16)22(29)25(18)15-17-10-5-2-6-11-17/h2,5-6,10-11,16,18-19H,1,3-4,7-9,12-15,23H2,(H2,24,27)/t18-,19+/m0/s1.